The molecule has 1 rings (SSSR count). The molecule has 0 radical (unpaired) electrons. The molecular formula is C12H21NO4. The highest BCUT2D eigenvalue weighted by Gasteiger charge is 2.32. The Labute approximate surface area is 102 Å². The van der Waals surface area contributed by atoms with E-state index in [1.165, 1.54) is 0 Å². The number of amides is 1. The van der Waals surface area contributed by atoms with E-state index in [1.54, 1.807) is 0 Å². The van der Waals surface area contributed by atoms with E-state index in [-0.39, 0.29) is 17.4 Å². The van der Waals surface area contributed by atoms with Crippen LogP contribution in [-0.2, 0) is 14.3 Å². The Morgan fingerprint density at radius 1 is 1.41 bits per heavy atom. The van der Waals surface area contributed by atoms with Gasteiger partial charge in [-0.1, -0.05) is 20.8 Å². The van der Waals surface area contributed by atoms with Crippen molar-refractivity contribution in [2.24, 2.45) is 5.41 Å². The maximum absolute atomic E-state index is 11.8. The number of nitrogens with one attached hydrogen (secondary N) is 1. The second-order valence-electron chi connectivity index (χ2n) is 5.11. The zero-order valence-electron chi connectivity index (χ0n) is 10.7. The molecule has 17 heavy (non-hydrogen) atoms. The monoisotopic (exact) mass is 243 g/mol. The van der Waals surface area contributed by atoms with E-state index in [4.69, 9.17) is 9.84 Å². The smallest absolute Gasteiger partial charge is 0.332 e. The van der Waals surface area contributed by atoms with Gasteiger partial charge in [-0.05, 0) is 19.3 Å². The first-order chi connectivity index (χ1) is 7.86. The van der Waals surface area contributed by atoms with E-state index >= 15 is 0 Å². The minimum absolute atomic E-state index is 0.0117. The highest BCUT2D eigenvalue weighted by molar-refractivity contribution is 5.81. The summed E-state index contributed by atoms with van der Waals surface area (Å²) < 4.78 is 5.31. The molecule has 0 saturated carbocycles. The average molecular weight is 243 g/mol. The van der Waals surface area contributed by atoms with Crippen molar-refractivity contribution in [2.75, 3.05) is 6.54 Å². The van der Waals surface area contributed by atoms with Crippen LogP contribution in [0.25, 0.3) is 0 Å². The summed E-state index contributed by atoms with van der Waals surface area (Å²) in [7, 11) is 0. The van der Waals surface area contributed by atoms with Crippen molar-refractivity contribution >= 4 is 11.9 Å². The van der Waals surface area contributed by atoms with E-state index in [9.17, 15) is 9.59 Å². The van der Waals surface area contributed by atoms with Crippen molar-refractivity contribution in [3.8, 4) is 0 Å². The van der Waals surface area contributed by atoms with Crippen LogP contribution >= 0.6 is 0 Å². The first-order valence-electron chi connectivity index (χ1n) is 6.03. The summed E-state index contributed by atoms with van der Waals surface area (Å²) in [6, 6.07) is 0. The van der Waals surface area contributed by atoms with Crippen molar-refractivity contribution in [3.63, 3.8) is 0 Å². The molecule has 2 N–H and O–H groups in total. The summed E-state index contributed by atoms with van der Waals surface area (Å²) in [6.45, 7) is 6.13. The molecule has 98 valence electrons. The van der Waals surface area contributed by atoms with Gasteiger partial charge < -0.3 is 15.2 Å². The number of carboxylic acids is 1. The maximum atomic E-state index is 11.8. The number of carbonyl (C=O) groups excluding carboxylic acids is 1. The molecule has 0 aromatic carbocycles. The van der Waals surface area contributed by atoms with Crippen molar-refractivity contribution in [3.05, 3.63) is 0 Å². The number of hydrogen-bond acceptors (Lipinski definition) is 3. The minimum Gasteiger partial charge on any atom is -0.479 e. The largest absolute Gasteiger partial charge is 0.479 e. The van der Waals surface area contributed by atoms with Gasteiger partial charge in [-0.15, -0.1) is 0 Å². The molecule has 0 aromatic rings. The molecule has 1 aliphatic rings. The fraction of sp³-hybridized carbons (Fsp3) is 0.833. The van der Waals surface area contributed by atoms with E-state index < -0.39 is 12.1 Å². The van der Waals surface area contributed by atoms with Gasteiger partial charge in [-0.2, -0.15) is 0 Å². The number of carbonyl (C=O) groups is 2. The number of rotatable bonds is 5. The Balaban J connectivity index is 2.33. The van der Waals surface area contributed by atoms with Crippen LogP contribution in [0, 0.1) is 5.41 Å². The van der Waals surface area contributed by atoms with Crippen molar-refractivity contribution in [2.45, 2.75) is 52.2 Å². The maximum Gasteiger partial charge on any atom is 0.332 e. The zero-order chi connectivity index (χ0) is 13.1. The molecule has 1 aliphatic heterocycles. The van der Waals surface area contributed by atoms with Gasteiger partial charge in [0.2, 0.25) is 5.91 Å². The first-order valence-corrected chi connectivity index (χ1v) is 6.03. The molecule has 5 nitrogen and oxygen atoms in total. The summed E-state index contributed by atoms with van der Waals surface area (Å²) >= 11 is 0. The minimum atomic E-state index is -0.923. The number of ether oxygens (including phenoxy) is 1. The lowest BCUT2D eigenvalue weighted by molar-refractivity contribution is -0.149. The average Bonchev–Trinajstić information content (AvgIpc) is 2.74. The molecule has 2 atom stereocenters. The summed E-state index contributed by atoms with van der Waals surface area (Å²) in [6.07, 6.45) is 1.09. The van der Waals surface area contributed by atoms with Gasteiger partial charge in [0.1, 0.15) is 0 Å². The van der Waals surface area contributed by atoms with Crippen LogP contribution in [0.1, 0.15) is 40.0 Å². The molecule has 2 unspecified atom stereocenters. The highest BCUT2D eigenvalue weighted by atomic mass is 16.5. The SMILES string of the molecule is CCC(C)(C)C(=O)NCC1CCC(C(=O)O)O1. The molecule has 0 bridgehead atoms. The van der Waals surface area contributed by atoms with Gasteiger partial charge >= 0.3 is 5.97 Å². The van der Waals surface area contributed by atoms with Crippen molar-refractivity contribution in [1.29, 1.82) is 0 Å². The van der Waals surface area contributed by atoms with Crippen molar-refractivity contribution in [1.82, 2.24) is 5.32 Å². The fourth-order valence-corrected chi connectivity index (χ4v) is 1.64. The summed E-state index contributed by atoms with van der Waals surface area (Å²) in [5.74, 6) is -0.935. The third-order valence-corrected chi connectivity index (χ3v) is 3.37. The standard InChI is InChI=1S/C12H21NO4/c1-4-12(2,3)11(16)13-7-8-5-6-9(17-8)10(14)15/h8-9H,4-7H2,1-3H3,(H,13,16)(H,14,15). The Morgan fingerprint density at radius 2 is 2.06 bits per heavy atom. The normalized spacial score (nSPS) is 24.6. The van der Waals surface area contributed by atoms with Crippen LogP contribution in [-0.4, -0.2) is 35.7 Å². The third kappa shape index (κ3) is 3.70. The van der Waals surface area contributed by atoms with Crippen LogP contribution in [0.15, 0.2) is 0 Å². The molecule has 1 saturated heterocycles. The predicted octanol–water partition coefficient (Wildman–Crippen LogP) is 1.17. The Bertz CT molecular complexity index is 301. The first kappa shape index (κ1) is 14.0. The summed E-state index contributed by atoms with van der Waals surface area (Å²) in [4.78, 5) is 22.5. The lowest BCUT2D eigenvalue weighted by Gasteiger charge is -2.22. The van der Waals surface area contributed by atoms with Crippen molar-refractivity contribution < 1.29 is 19.4 Å². The van der Waals surface area contributed by atoms with E-state index in [1.807, 2.05) is 20.8 Å². The second kappa shape index (κ2) is 5.49. The van der Waals surface area contributed by atoms with Gasteiger partial charge in [0.25, 0.3) is 0 Å². The lowest BCUT2D eigenvalue weighted by atomic mass is 9.89. The molecule has 0 aromatic heterocycles. The molecular weight excluding hydrogens is 222 g/mol. The van der Waals surface area contributed by atoms with Gasteiger partial charge in [-0.25, -0.2) is 4.79 Å². The van der Waals surface area contributed by atoms with E-state index in [0.717, 1.165) is 6.42 Å². The highest BCUT2D eigenvalue weighted by Crippen LogP contribution is 2.21. The van der Waals surface area contributed by atoms with Gasteiger partial charge in [0.05, 0.1) is 6.10 Å². The van der Waals surface area contributed by atoms with E-state index in [2.05, 4.69) is 5.32 Å². The van der Waals surface area contributed by atoms with Crippen LogP contribution < -0.4 is 5.32 Å². The van der Waals surface area contributed by atoms with Crippen LogP contribution in [0.5, 0.6) is 0 Å². The number of hydrogen-bond donors (Lipinski definition) is 2. The molecule has 0 spiro atoms. The predicted molar refractivity (Wildman–Crippen MR) is 62.6 cm³/mol. The third-order valence-electron chi connectivity index (χ3n) is 3.37. The fourth-order valence-electron chi connectivity index (χ4n) is 1.64. The lowest BCUT2D eigenvalue weighted by Crippen LogP contribution is -2.40. The topological polar surface area (TPSA) is 75.6 Å². The quantitative estimate of drug-likeness (QED) is 0.760. The number of aliphatic carboxylic acids is 1. The summed E-state index contributed by atoms with van der Waals surface area (Å²) in [5, 5.41) is 11.6. The van der Waals surface area contributed by atoms with E-state index in [0.29, 0.717) is 19.4 Å². The Morgan fingerprint density at radius 3 is 2.53 bits per heavy atom. The molecule has 1 amide bonds. The van der Waals surface area contributed by atoms with Gasteiger partial charge in [0, 0.05) is 12.0 Å². The van der Waals surface area contributed by atoms with Crippen LogP contribution in [0.3, 0.4) is 0 Å². The van der Waals surface area contributed by atoms with Crippen LogP contribution in [0.4, 0.5) is 0 Å². The molecule has 5 heteroatoms. The zero-order valence-corrected chi connectivity index (χ0v) is 10.7. The number of carboxylic acid groups (broad SMARTS) is 1. The molecule has 0 aliphatic carbocycles. The Hall–Kier alpha value is -1.10. The molecule has 1 heterocycles. The van der Waals surface area contributed by atoms with Gasteiger partial charge in [0.15, 0.2) is 6.10 Å². The molecule has 1 fully saturated rings. The summed E-state index contributed by atoms with van der Waals surface area (Å²) in [5.41, 5.74) is -0.384. The van der Waals surface area contributed by atoms with Crippen LogP contribution in [0.2, 0.25) is 0 Å². The Kier molecular flexibility index (Phi) is 4.51. The van der Waals surface area contributed by atoms with Gasteiger partial charge in [-0.3, -0.25) is 4.79 Å². The second-order valence-corrected chi connectivity index (χ2v) is 5.11.